The van der Waals surface area contributed by atoms with Gasteiger partial charge >= 0.3 is 0 Å². The van der Waals surface area contributed by atoms with Crippen LogP contribution in [0.3, 0.4) is 0 Å². The smallest absolute Gasteiger partial charge is 0.0548 e. The number of nitrogens with zero attached hydrogens (tertiary/aromatic N) is 6. The molecule has 1 fully saturated rings. The Labute approximate surface area is 74.6 Å². The second-order valence-electron chi connectivity index (χ2n) is 3.08. The summed E-state index contributed by atoms with van der Waals surface area (Å²) in [5, 5.41) is 16.3. The lowest BCUT2D eigenvalue weighted by molar-refractivity contribution is 0.111. The van der Waals surface area contributed by atoms with Gasteiger partial charge in [-0.2, -0.15) is 0 Å². The Morgan fingerprint density at radius 1 is 1.00 bits per heavy atom. The van der Waals surface area contributed by atoms with Crippen molar-refractivity contribution in [2.24, 2.45) is 10.2 Å². The summed E-state index contributed by atoms with van der Waals surface area (Å²) in [5.41, 5.74) is 16.4. The molecule has 1 aliphatic carbocycles. The highest BCUT2D eigenvalue weighted by atomic mass is 16.3. The summed E-state index contributed by atoms with van der Waals surface area (Å²) in [7, 11) is 0. The van der Waals surface area contributed by atoms with Crippen molar-refractivity contribution in [3.05, 3.63) is 20.9 Å². The van der Waals surface area contributed by atoms with E-state index in [-0.39, 0.29) is 12.1 Å². The monoisotopic (exact) mass is 182 g/mol. The van der Waals surface area contributed by atoms with Crippen molar-refractivity contribution >= 4 is 0 Å². The van der Waals surface area contributed by atoms with Crippen LogP contribution in [0.25, 0.3) is 20.9 Å². The first-order valence-electron chi connectivity index (χ1n) is 4.02. The van der Waals surface area contributed by atoms with Gasteiger partial charge < -0.3 is 5.11 Å². The summed E-state index contributed by atoms with van der Waals surface area (Å²) >= 11 is 0. The number of hydrogen-bond acceptors (Lipinski definition) is 3. The van der Waals surface area contributed by atoms with Gasteiger partial charge in [-0.05, 0) is 30.3 Å². The molecule has 1 rings (SSSR count). The molecule has 0 aromatic carbocycles. The second kappa shape index (κ2) is 4.57. The molecule has 0 heterocycles. The van der Waals surface area contributed by atoms with Crippen LogP contribution >= 0.6 is 0 Å². The minimum absolute atomic E-state index is 0.246. The summed E-state index contributed by atoms with van der Waals surface area (Å²) in [4.78, 5) is 5.33. The molecule has 0 radical (unpaired) electrons. The van der Waals surface area contributed by atoms with Gasteiger partial charge in [-0.25, -0.2) is 0 Å². The fraction of sp³-hybridized carbons (Fsp3) is 1.00. The maximum Gasteiger partial charge on any atom is 0.0548 e. The topological polar surface area (TPSA) is 118 Å². The van der Waals surface area contributed by atoms with E-state index in [1.165, 1.54) is 0 Å². The number of azide groups is 2. The fourth-order valence-corrected chi connectivity index (χ4v) is 1.57. The molecular formula is C6H10N6O. The molecule has 1 aliphatic rings. The first-order chi connectivity index (χ1) is 6.26. The van der Waals surface area contributed by atoms with Crippen molar-refractivity contribution in [1.29, 1.82) is 0 Å². The summed E-state index contributed by atoms with van der Waals surface area (Å²) in [6.07, 6.45) is 0.925. The molecule has 1 saturated carbocycles. The Kier molecular flexibility index (Phi) is 3.40. The molecule has 0 amide bonds. The van der Waals surface area contributed by atoms with Crippen LogP contribution in [-0.4, -0.2) is 23.3 Å². The average Bonchev–Trinajstić information content (AvgIpc) is 2.04. The van der Waals surface area contributed by atoms with E-state index >= 15 is 0 Å². The zero-order valence-corrected chi connectivity index (χ0v) is 6.98. The number of aliphatic hydroxyl groups excluding tert-OH is 1. The number of aliphatic hydroxyl groups is 1. The molecular weight excluding hydrogens is 172 g/mol. The average molecular weight is 182 g/mol. The Hall–Kier alpha value is -1.42. The Morgan fingerprint density at radius 2 is 1.46 bits per heavy atom. The highest BCUT2D eigenvalue weighted by molar-refractivity contribution is 4.86. The Balaban J connectivity index is 2.61. The zero-order chi connectivity index (χ0) is 9.68. The van der Waals surface area contributed by atoms with E-state index in [9.17, 15) is 5.11 Å². The molecule has 0 aromatic rings. The third kappa shape index (κ3) is 2.83. The summed E-state index contributed by atoms with van der Waals surface area (Å²) < 4.78 is 0. The molecule has 0 spiro atoms. The van der Waals surface area contributed by atoms with Gasteiger partial charge in [-0.3, -0.25) is 0 Å². The minimum atomic E-state index is -0.528. The standard InChI is InChI=1S/C6H10N6O/c7-11-9-4-1-5(10-12-8)3-6(13)2-4/h4-6,13H,1-3H2. The molecule has 0 aliphatic heterocycles. The molecule has 0 bridgehead atoms. The quantitative estimate of drug-likeness (QED) is 0.391. The van der Waals surface area contributed by atoms with Gasteiger partial charge in [0.15, 0.2) is 0 Å². The van der Waals surface area contributed by atoms with Crippen LogP contribution in [0.5, 0.6) is 0 Å². The van der Waals surface area contributed by atoms with Crippen molar-refractivity contribution in [3.63, 3.8) is 0 Å². The first-order valence-corrected chi connectivity index (χ1v) is 4.02. The highest BCUT2D eigenvalue weighted by Crippen LogP contribution is 2.24. The molecule has 0 aromatic heterocycles. The van der Waals surface area contributed by atoms with Crippen molar-refractivity contribution < 1.29 is 5.11 Å². The molecule has 2 atom stereocenters. The van der Waals surface area contributed by atoms with Crippen molar-refractivity contribution in [2.75, 3.05) is 0 Å². The molecule has 1 N–H and O–H groups in total. The van der Waals surface area contributed by atoms with Crippen LogP contribution in [0, 0.1) is 0 Å². The van der Waals surface area contributed by atoms with E-state index in [1.807, 2.05) is 0 Å². The van der Waals surface area contributed by atoms with Gasteiger partial charge in [0.25, 0.3) is 0 Å². The van der Waals surface area contributed by atoms with Gasteiger partial charge in [0.05, 0.1) is 6.10 Å². The molecule has 13 heavy (non-hydrogen) atoms. The minimum Gasteiger partial charge on any atom is -0.393 e. The normalized spacial score (nSPS) is 32.8. The molecule has 70 valence electrons. The fourth-order valence-electron chi connectivity index (χ4n) is 1.57. The summed E-state index contributed by atoms with van der Waals surface area (Å²) in [5.74, 6) is 0. The maximum absolute atomic E-state index is 9.34. The first kappa shape index (κ1) is 9.67. The van der Waals surface area contributed by atoms with Crippen LogP contribution in [0.15, 0.2) is 10.2 Å². The van der Waals surface area contributed by atoms with Crippen LogP contribution in [0.4, 0.5) is 0 Å². The number of hydrogen-bond donors (Lipinski definition) is 1. The lowest BCUT2D eigenvalue weighted by atomic mass is 9.90. The zero-order valence-electron chi connectivity index (χ0n) is 6.98. The van der Waals surface area contributed by atoms with Crippen molar-refractivity contribution in [1.82, 2.24) is 0 Å². The molecule has 7 nitrogen and oxygen atoms in total. The SMILES string of the molecule is [N-]=[N+]=NC1CC(O)CC(N=[N+]=[N-])C1. The number of rotatable bonds is 2. The summed E-state index contributed by atoms with van der Waals surface area (Å²) in [6.45, 7) is 0. The predicted octanol–water partition coefficient (Wildman–Crippen LogP) is 1.89. The van der Waals surface area contributed by atoms with Crippen LogP contribution < -0.4 is 0 Å². The van der Waals surface area contributed by atoms with E-state index < -0.39 is 6.10 Å². The Bertz CT molecular complexity index is 240. The van der Waals surface area contributed by atoms with Gasteiger partial charge in [-0.1, -0.05) is 10.2 Å². The van der Waals surface area contributed by atoms with E-state index in [0.717, 1.165) is 0 Å². The third-order valence-electron chi connectivity index (χ3n) is 2.06. The molecule has 0 saturated heterocycles. The van der Waals surface area contributed by atoms with Gasteiger partial charge in [0.2, 0.25) is 0 Å². The molecule has 2 unspecified atom stereocenters. The Morgan fingerprint density at radius 3 is 1.85 bits per heavy atom. The van der Waals surface area contributed by atoms with Crippen molar-refractivity contribution in [3.8, 4) is 0 Å². The predicted molar refractivity (Wildman–Crippen MR) is 45.7 cm³/mol. The lowest BCUT2D eigenvalue weighted by Gasteiger charge is -2.26. The largest absolute Gasteiger partial charge is 0.393 e. The van der Waals surface area contributed by atoms with Crippen LogP contribution in [-0.2, 0) is 0 Å². The maximum atomic E-state index is 9.34. The van der Waals surface area contributed by atoms with Gasteiger partial charge in [-0.15, -0.1) is 0 Å². The van der Waals surface area contributed by atoms with Crippen molar-refractivity contribution in [2.45, 2.75) is 37.5 Å². The van der Waals surface area contributed by atoms with Crippen LogP contribution in [0.2, 0.25) is 0 Å². The van der Waals surface area contributed by atoms with E-state index in [4.69, 9.17) is 11.1 Å². The van der Waals surface area contributed by atoms with E-state index in [1.54, 1.807) is 0 Å². The van der Waals surface area contributed by atoms with E-state index in [2.05, 4.69) is 20.1 Å². The van der Waals surface area contributed by atoms with E-state index in [0.29, 0.717) is 19.3 Å². The lowest BCUT2D eigenvalue weighted by Crippen LogP contribution is -2.30. The second-order valence-corrected chi connectivity index (χ2v) is 3.08. The third-order valence-corrected chi connectivity index (χ3v) is 2.06. The van der Waals surface area contributed by atoms with Gasteiger partial charge in [0, 0.05) is 21.9 Å². The van der Waals surface area contributed by atoms with Gasteiger partial charge in [0.1, 0.15) is 0 Å². The highest BCUT2D eigenvalue weighted by Gasteiger charge is 2.26. The van der Waals surface area contributed by atoms with Crippen LogP contribution in [0.1, 0.15) is 19.3 Å². The molecule has 7 heteroatoms. The summed E-state index contributed by atoms with van der Waals surface area (Å²) in [6, 6.07) is -0.492.